The van der Waals surface area contributed by atoms with E-state index in [4.69, 9.17) is 18.5 Å². The minimum absolute atomic E-state index is 0.104. The zero-order valence-electron chi connectivity index (χ0n) is 28.7. The Morgan fingerprint density at radius 2 is 1.85 bits per heavy atom. The Kier molecular flexibility index (Phi) is 4.52. The van der Waals surface area contributed by atoms with E-state index in [0.29, 0.717) is 41.1 Å². The van der Waals surface area contributed by atoms with Crippen molar-refractivity contribution in [1.82, 2.24) is 0 Å². The largest absolute Gasteiger partial charge is 0.381 e. The summed E-state index contributed by atoms with van der Waals surface area (Å²) in [5.41, 5.74) is 0.843. The highest BCUT2D eigenvalue weighted by atomic mass is 32.2. The van der Waals surface area contributed by atoms with Gasteiger partial charge >= 0.3 is 0 Å². The summed E-state index contributed by atoms with van der Waals surface area (Å²) in [4.78, 5) is 0. The van der Waals surface area contributed by atoms with E-state index >= 15 is 0 Å². The van der Waals surface area contributed by atoms with Crippen LogP contribution in [0.2, 0.25) is 0 Å². The van der Waals surface area contributed by atoms with E-state index in [1.54, 1.807) is 0 Å². The summed E-state index contributed by atoms with van der Waals surface area (Å²) in [6, 6.07) is 0. The van der Waals surface area contributed by atoms with Gasteiger partial charge in [-0.15, -0.1) is 0 Å². The smallest absolute Gasteiger partial charge is 0.264 e. The van der Waals surface area contributed by atoms with Crippen LogP contribution in [0.1, 0.15) is 108 Å². The van der Waals surface area contributed by atoms with Crippen molar-refractivity contribution in [1.29, 1.82) is 0 Å². The Bertz CT molecular complexity index is 1110. The van der Waals surface area contributed by atoms with Gasteiger partial charge in [-0.3, -0.25) is 4.18 Å². The van der Waals surface area contributed by atoms with Gasteiger partial charge in [0.25, 0.3) is 10.1 Å². The standard InChI is InChI=1S/C29H50O4S/c1-18(2)25(33-34(7,30)31)11-8-19(3)22-9-10-23-21-16-26(32-6)29-17-20(29)12-15-28(29,5)24(21)13-14-27(22,23)4/h18-26H,8-17H2,1-7H3/t19-,20-,21+,22-,23+,24+,25?,26-,27-,28-,29+/m1/s1/i1D3,2D3,18D. The van der Waals surface area contributed by atoms with Crippen LogP contribution in [0.4, 0.5) is 0 Å². The Labute approximate surface area is 219 Å². The first-order valence-corrected chi connectivity index (χ1v) is 15.4. The Hall–Kier alpha value is -0.130. The highest BCUT2D eigenvalue weighted by Gasteiger charge is 2.77. The maximum Gasteiger partial charge on any atom is 0.264 e. The van der Waals surface area contributed by atoms with Crippen molar-refractivity contribution >= 4 is 10.1 Å². The minimum Gasteiger partial charge on any atom is -0.381 e. The van der Waals surface area contributed by atoms with E-state index in [2.05, 4.69) is 20.8 Å². The molecule has 5 heteroatoms. The van der Waals surface area contributed by atoms with Gasteiger partial charge in [-0.2, -0.15) is 8.42 Å². The molecule has 1 unspecified atom stereocenters. The molecule has 0 aromatic carbocycles. The van der Waals surface area contributed by atoms with Gasteiger partial charge in [0.1, 0.15) is 0 Å². The molecular formula is C29H50O4S. The van der Waals surface area contributed by atoms with Gasteiger partial charge in [0.15, 0.2) is 0 Å². The first kappa shape index (κ1) is 18.2. The van der Waals surface area contributed by atoms with E-state index in [-0.39, 0.29) is 17.8 Å². The van der Waals surface area contributed by atoms with Crippen LogP contribution in [-0.4, -0.2) is 34.0 Å². The van der Waals surface area contributed by atoms with Crippen molar-refractivity contribution in [2.24, 2.45) is 57.6 Å². The zero-order valence-corrected chi connectivity index (χ0v) is 22.5. The van der Waals surface area contributed by atoms with Crippen LogP contribution < -0.4 is 0 Å². The molecule has 0 radical (unpaired) electrons. The van der Waals surface area contributed by atoms with E-state index in [0.717, 1.165) is 43.8 Å². The van der Waals surface area contributed by atoms with Gasteiger partial charge in [-0.1, -0.05) is 34.5 Å². The highest BCUT2D eigenvalue weighted by molar-refractivity contribution is 7.86. The maximum atomic E-state index is 12.1. The first-order chi connectivity index (χ1) is 18.7. The molecule has 0 bridgehead atoms. The van der Waals surface area contributed by atoms with Gasteiger partial charge in [0.05, 0.1) is 18.5 Å². The fourth-order valence-electron chi connectivity index (χ4n) is 10.6. The molecule has 0 N–H and O–H groups in total. The second-order valence-corrected chi connectivity index (χ2v) is 14.8. The van der Waals surface area contributed by atoms with E-state index in [1.807, 2.05) is 7.11 Å². The first-order valence-electron chi connectivity index (χ1n) is 17.1. The van der Waals surface area contributed by atoms with E-state index in [9.17, 15) is 8.42 Å². The molecule has 0 aromatic rings. The summed E-state index contributed by atoms with van der Waals surface area (Å²) in [6.07, 6.45) is 9.27. The molecule has 0 aliphatic heterocycles. The van der Waals surface area contributed by atoms with Crippen molar-refractivity contribution in [3.63, 3.8) is 0 Å². The van der Waals surface area contributed by atoms with Gasteiger partial charge in [-0.05, 0) is 116 Å². The Balaban J connectivity index is 1.35. The van der Waals surface area contributed by atoms with Crippen molar-refractivity contribution in [3.8, 4) is 0 Å². The topological polar surface area (TPSA) is 52.6 Å². The molecule has 0 aromatic heterocycles. The third-order valence-electron chi connectivity index (χ3n) is 12.1. The third kappa shape index (κ3) is 3.68. The summed E-state index contributed by atoms with van der Waals surface area (Å²) in [6.45, 7) is 0.597. The number of hydrogen-bond donors (Lipinski definition) is 0. The number of ether oxygens (including phenoxy) is 1. The van der Waals surface area contributed by atoms with Gasteiger partial charge in [-0.25, -0.2) is 0 Å². The molecule has 4 nitrogen and oxygen atoms in total. The molecule has 34 heavy (non-hydrogen) atoms. The molecule has 5 aliphatic carbocycles. The molecule has 196 valence electrons. The van der Waals surface area contributed by atoms with Crippen LogP contribution >= 0.6 is 0 Å². The van der Waals surface area contributed by atoms with Gasteiger partial charge < -0.3 is 4.74 Å². The summed E-state index contributed by atoms with van der Waals surface area (Å²) in [7, 11) is -2.29. The van der Waals surface area contributed by atoms with Crippen LogP contribution in [0, 0.1) is 57.6 Å². The van der Waals surface area contributed by atoms with Crippen molar-refractivity contribution in [2.45, 2.75) is 111 Å². The number of hydrogen-bond acceptors (Lipinski definition) is 4. The fraction of sp³-hybridized carbons (Fsp3) is 1.00. The van der Waals surface area contributed by atoms with Gasteiger partial charge in [0, 0.05) is 22.1 Å². The lowest BCUT2D eigenvalue weighted by Gasteiger charge is -2.61. The van der Waals surface area contributed by atoms with E-state index in [1.165, 1.54) is 25.7 Å². The summed E-state index contributed by atoms with van der Waals surface area (Å²) >= 11 is 0. The van der Waals surface area contributed by atoms with E-state index < -0.39 is 35.8 Å². The number of fused-ring (bicyclic) bond motifs is 4. The molecule has 0 saturated heterocycles. The second kappa shape index (κ2) is 8.45. The molecule has 11 atom stereocenters. The Morgan fingerprint density at radius 1 is 1.09 bits per heavy atom. The predicted octanol–water partition coefficient (Wildman–Crippen LogP) is 6.69. The van der Waals surface area contributed by atoms with Crippen LogP contribution in [-0.2, 0) is 19.0 Å². The lowest BCUT2D eigenvalue weighted by Crippen LogP contribution is -2.57. The van der Waals surface area contributed by atoms with Crippen LogP contribution in [0.5, 0.6) is 0 Å². The molecule has 0 amide bonds. The third-order valence-corrected chi connectivity index (χ3v) is 12.7. The van der Waals surface area contributed by atoms with Crippen molar-refractivity contribution in [2.75, 3.05) is 13.4 Å². The SMILES string of the molecule is [2H]C([2H])([2H])C([2H])(C(CC[C@@H](C)[C@H]1CC[C@H]2[C@@H]3C[C@@H](OC)[C@]45C[C@H]4CC[C@]5(C)[C@H]3CC[C@]12C)OS(C)(=O)=O)C([2H])([2H])[2H]. The second-order valence-electron chi connectivity index (χ2n) is 13.2. The monoisotopic (exact) mass is 501 g/mol. The van der Waals surface area contributed by atoms with Crippen molar-refractivity contribution < 1.29 is 26.9 Å². The zero-order chi connectivity index (χ0) is 30.6. The molecule has 0 heterocycles. The molecule has 5 fully saturated rings. The Morgan fingerprint density at radius 3 is 2.50 bits per heavy atom. The number of rotatable bonds is 8. The molecule has 5 rings (SSSR count). The number of methoxy groups -OCH3 is 1. The highest BCUT2D eigenvalue weighted by Crippen LogP contribution is 2.82. The van der Waals surface area contributed by atoms with Crippen LogP contribution in [0.25, 0.3) is 0 Å². The lowest BCUT2D eigenvalue weighted by molar-refractivity contribution is -0.161. The molecule has 5 aliphatic rings. The lowest BCUT2D eigenvalue weighted by atomic mass is 9.45. The predicted molar refractivity (Wildman–Crippen MR) is 137 cm³/mol. The summed E-state index contributed by atoms with van der Waals surface area (Å²) in [5.74, 6) is 0.166. The average Bonchev–Trinajstić information content (AvgIpc) is 3.34. The molecule has 1 spiro atoms. The molecular weight excluding hydrogens is 444 g/mol. The minimum atomic E-state index is -4.19. The van der Waals surface area contributed by atoms with Gasteiger partial charge in [0.2, 0.25) is 0 Å². The van der Waals surface area contributed by atoms with Crippen LogP contribution in [0.3, 0.4) is 0 Å². The fourth-order valence-corrected chi connectivity index (χ4v) is 11.2. The molecule has 5 saturated carbocycles. The summed E-state index contributed by atoms with van der Waals surface area (Å²) < 4.78 is 91.5. The normalized spacial score (nSPS) is 53.3. The van der Waals surface area contributed by atoms with Crippen LogP contribution in [0.15, 0.2) is 0 Å². The quantitative estimate of drug-likeness (QED) is 0.348. The van der Waals surface area contributed by atoms with Crippen molar-refractivity contribution in [3.05, 3.63) is 0 Å². The average molecular weight is 502 g/mol. The maximum absolute atomic E-state index is 12.1. The summed E-state index contributed by atoms with van der Waals surface area (Å²) in [5, 5.41) is 0.